The zero-order valence-electron chi connectivity index (χ0n) is 16.5. The van der Waals surface area contributed by atoms with Crippen LogP contribution in [0.3, 0.4) is 0 Å². The van der Waals surface area contributed by atoms with E-state index in [0.717, 1.165) is 12.8 Å². The van der Waals surface area contributed by atoms with Gasteiger partial charge in [-0.3, -0.25) is 4.79 Å². The SMILES string of the molecule is CC(C)n1cc(-c2noc(C3CC3)c2C(N)=O)c2c(N)ncnc21.O=C(O)C(F)(F)F. The number of nitrogens with two attached hydrogens (primary N) is 2. The predicted octanol–water partition coefficient (Wildman–Crippen LogP) is 2.86. The lowest BCUT2D eigenvalue weighted by molar-refractivity contribution is -0.192. The summed E-state index contributed by atoms with van der Waals surface area (Å²) >= 11 is 0. The highest BCUT2D eigenvalue weighted by molar-refractivity contribution is 6.06. The molecule has 1 fully saturated rings. The highest BCUT2D eigenvalue weighted by Crippen LogP contribution is 2.45. The molecule has 166 valence electrons. The zero-order chi connectivity index (χ0) is 23.1. The molecular formula is C18H19F3N6O4. The second-order valence-electron chi connectivity index (χ2n) is 7.21. The fourth-order valence-electron chi connectivity index (χ4n) is 3.03. The van der Waals surface area contributed by atoms with Gasteiger partial charge < -0.3 is 25.7 Å². The van der Waals surface area contributed by atoms with Crippen molar-refractivity contribution in [3.05, 3.63) is 23.8 Å². The lowest BCUT2D eigenvalue weighted by atomic mass is 10.0. The summed E-state index contributed by atoms with van der Waals surface area (Å²) in [7, 11) is 0. The summed E-state index contributed by atoms with van der Waals surface area (Å²) in [4.78, 5) is 29.3. The summed E-state index contributed by atoms with van der Waals surface area (Å²) in [5.41, 5.74) is 13.8. The molecule has 0 bridgehead atoms. The van der Waals surface area contributed by atoms with Crippen LogP contribution in [0.15, 0.2) is 17.0 Å². The minimum Gasteiger partial charge on any atom is -0.475 e. The van der Waals surface area contributed by atoms with Crippen LogP contribution in [-0.2, 0) is 4.79 Å². The Labute approximate surface area is 173 Å². The van der Waals surface area contributed by atoms with Crippen LogP contribution >= 0.6 is 0 Å². The first-order valence-electron chi connectivity index (χ1n) is 9.14. The molecule has 1 saturated carbocycles. The van der Waals surface area contributed by atoms with Crippen molar-refractivity contribution in [2.24, 2.45) is 5.73 Å². The number of alkyl halides is 3. The van der Waals surface area contributed by atoms with Gasteiger partial charge in [0.05, 0.1) is 5.39 Å². The highest BCUT2D eigenvalue weighted by atomic mass is 19.4. The second-order valence-corrected chi connectivity index (χ2v) is 7.21. The number of hydrogen-bond acceptors (Lipinski definition) is 7. The molecule has 1 amide bonds. The number of aromatic nitrogens is 4. The Morgan fingerprint density at radius 3 is 2.39 bits per heavy atom. The molecule has 3 aromatic rings. The second kappa shape index (κ2) is 7.89. The summed E-state index contributed by atoms with van der Waals surface area (Å²) in [6.45, 7) is 4.07. The van der Waals surface area contributed by atoms with Crippen molar-refractivity contribution in [2.45, 2.75) is 44.8 Å². The Balaban J connectivity index is 0.000000339. The van der Waals surface area contributed by atoms with Gasteiger partial charge >= 0.3 is 12.1 Å². The van der Waals surface area contributed by atoms with E-state index in [1.54, 1.807) is 0 Å². The molecule has 0 atom stereocenters. The average Bonchev–Trinajstić information content (AvgIpc) is 3.27. The van der Waals surface area contributed by atoms with Crippen LogP contribution in [0.4, 0.5) is 19.0 Å². The normalized spacial score (nSPS) is 13.9. The molecule has 4 rings (SSSR count). The molecule has 3 heterocycles. The van der Waals surface area contributed by atoms with Crippen molar-refractivity contribution in [3.63, 3.8) is 0 Å². The fraction of sp³-hybridized carbons (Fsp3) is 0.389. The molecule has 31 heavy (non-hydrogen) atoms. The zero-order valence-corrected chi connectivity index (χ0v) is 16.5. The first-order valence-corrected chi connectivity index (χ1v) is 9.14. The number of fused-ring (bicyclic) bond motifs is 1. The third-order valence-corrected chi connectivity index (χ3v) is 4.61. The van der Waals surface area contributed by atoms with Crippen molar-refractivity contribution in [1.29, 1.82) is 0 Å². The monoisotopic (exact) mass is 440 g/mol. The summed E-state index contributed by atoms with van der Waals surface area (Å²) in [5, 5.41) is 11.9. The largest absolute Gasteiger partial charge is 0.490 e. The van der Waals surface area contributed by atoms with Crippen LogP contribution in [0.25, 0.3) is 22.3 Å². The van der Waals surface area contributed by atoms with Gasteiger partial charge in [-0.05, 0) is 26.7 Å². The third-order valence-electron chi connectivity index (χ3n) is 4.61. The number of halogens is 3. The first-order chi connectivity index (χ1) is 14.4. The van der Waals surface area contributed by atoms with Crippen molar-refractivity contribution < 1.29 is 32.4 Å². The number of nitrogen functional groups attached to an aromatic ring is 1. The van der Waals surface area contributed by atoms with Crippen molar-refractivity contribution in [1.82, 2.24) is 19.7 Å². The molecule has 5 N–H and O–H groups in total. The van der Waals surface area contributed by atoms with Crippen LogP contribution in [0.1, 0.15) is 54.8 Å². The molecule has 1 aliphatic rings. The van der Waals surface area contributed by atoms with Gasteiger partial charge in [-0.1, -0.05) is 5.16 Å². The summed E-state index contributed by atoms with van der Waals surface area (Å²) < 4.78 is 39.2. The summed E-state index contributed by atoms with van der Waals surface area (Å²) in [6, 6.07) is 0.155. The lowest BCUT2D eigenvalue weighted by Crippen LogP contribution is -2.21. The highest BCUT2D eigenvalue weighted by Gasteiger charge is 2.38. The molecule has 0 unspecified atom stereocenters. The van der Waals surface area contributed by atoms with Gasteiger partial charge in [-0.2, -0.15) is 13.2 Å². The van der Waals surface area contributed by atoms with Gasteiger partial charge in [-0.25, -0.2) is 14.8 Å². The molecular weight excluding hydrogens is 421 g/mol. The number of aliphatic carboxylic acids is 1. The quantitative estimate of drug-likeness (QED) is 0.557. The number of carboxylic acids is 1. The van der Waals surface area contributed by atoms with Crippen molar-refractivity contribution >= 4 is 28.7 Å². The average molecular weight is 440 g/mol. The third kappa shape index (κ3) is 4.29. The van der Waals surface area contributed by atoms with E-state index in [1.165, 1.54) is 6.33 Å². The maximum absolute atomic E-state index is 12.0. The number of carbonyl (C=O) groups excluding carboxylic acids is 1. The van der Waals surface area contributed by atoms with Crippen molar-refractivity contribution in [2.75, 3.05) is 5.73 Å². The molecule has 0 radical (unpaired) electrons. The van der Waals surface area contributed by atoms with Gasteiger partial charge in [0.25, 0.3) is 5.91 Å². The van der Waals surface area contributed by atoms with Gasteiger partial charge in [0, 0.05) is 23.7 Å². The number of anilines is 1. The van der Waals surface area contributed by atoms with Gasteiger partial charge in [0.2, 0.25) is 0 Å². The van der Waals surface area contributed by atoms with Crippen LogP contribution < -0.4 is 11.5 Å². The van der Waals surface area contributed by atoms with Crippen LogP contribution in [-0.4, -0.2) is 42.9 Å². The number of hydrogen-bond donors (Lipinski definition) is 3. The Bertz CT molecular complexity index is 1150. The van der Waals surface area contributed by atoms with Crippen LogP contribution in [0.2, 0.25) is 0 Å². The van der Waals surface area contributed by atoms with E-state index < -0.39 is 18.1 Å². The van der Waals surface area contributed by atoms with Crippen LogP contribution in [0, 0.1) is 0 Å². The Morgan fingerprint density at radius 1 is 1.29 bits per heavy atom. The Hall–Kier alpha value is -3.64. The minimum absolute atomic E-state index is 0.155. The maximum atomic E-state index is 12.0. The van der Waals surface area contributed by atoms with Crippen LogP contribution in [0.5, 0.6) is 0 Å². The summed E-state index contributed by atoms with van der Waals surface area (Å²) in [6.07, 6.45) is 0.178. The van der Waals surface area contributed by atoms with E-state index >= 15 is 0 Å². The number of amides is 1. The number of carbonyl (C=O) groups is 2. The van der Waals surface area contributed by atoms with Gasteiger partial charge in [-0.15, -0.1) is 0 Å². The first kappa shape index (κ1) is 22.1. The molecule has 1 aliphatic carbocycles. The van der Waals surface area contributed by atoms with Crippen molar-refractivity contribution in [3.8, 4) is 11.3 Å². The van der Waals surface area contributed by atoms with Gasteiger partial charge in [0.1, 0.15) is 29.0 Å². The maximum Gasteiger partial charge on any atom is 0.490 e. The standard InChI is InChI=1S/C16H18N6O2.C2HF3O2/c1-7(2)22-5-9(10-14(17)19-6-20-16(10)22)12-11(15(18)23)13(24-21-12)8-3-4-8;3-2(4,5)1(6)7/h5-8H,3-4H2,1-2H3,(H2,18,23)(H2,17,19,20);(H,6,7). The molecule has 10 nitrogen and oxygen atoms in total. The number of carboxylic acid groups (broad SMARTS) is 1. The Morgan fingerprint density at radius 2 is 1.90 bits per heavy atom. The lowest BCUT2D eigenvalue weighted by Gasteiger charge is -2.07. The van der Waals surface area contributed by atoms with E-state index in [9.17, 15) is 18.0 Å². The van der Waals surface area contributed by atoms with E-state index in [2.05, 4.69) is 15.1 Å². The molecule has 0 aliphatic heterocycles. The molecule has 0 saturated heterocycles. The van der Waals surface area contributed by atoms with E-state index in [-0.39, 0.29) is 12.0 Å². The number of rotatable bonds is 4. The van der Waals surface area contributed by atoms with Gasteiger partial charge in [0.15, 0.2) is 5.76 Å². The predicted molar refractivity (Wildman–Crippen MR) is 102 cm³/mol. The molecule has 3 aromatic heterocycles. The molecule has 0 spiro atoms. The van der Waals surface area contributed by atoms with E-state index in [1.807, 2.05) is 24.6 Å². The Kier molecular flexibility index (Phi) is 5.61. The van der Waals surface area contributed by atoms with E-state index in [0.29, 0.717) is 39.4 Å². The van der Waals surface area contributed by atoms with E-state index in [4.69, 9.17) is 25.9 Å². The number of nitrogens with zero attached hydrogens (tertiary/aromatic N) is 4. The molecule has 13 heteroatoms. The smallest absolute Gasteiger partial charge is 0.475 e. The number of primary amides is 1. The summed E-state index contributed by atoms with van der Waals surface area (Å²) in [5.74, 6) is -2.18. The fourth-order valence-corrected chi connectivity index (χ4v) is 3.03. The topological polar surface area (TPSA) is 163 Å². The molecule has 0 aromatic carbocycles. The minimum atomic E-state index is -5.08.